The molecule has 0 unspecified atom stereocenters. The van der Waals surface area contributed by atoms with Crippen molar-refractivity contribution < 1.29 is 14.6 Å². The SMILES string of the molecule is CCCN(CCC)C(=O)C[n+]1cccc(/C=N/O)c1. The quantitative estimate of drug-likeness (QED) is 0.350. The molecule has 5 heteroatoms. The Balaban J connectivity index is 2.71. The number of aromatic nitrogens is 1. The van der Waals surface area contributed by atoms with Gasteiger partial charge in [0.25, 0.3) is 5.91 Å². The summed E-state index contributed by atoms with van der Waals surface area (Å²) in [5.74, 6) is 0.117. The summed E-state index contributed by atoms with van der Waals surface area (Å²) in [5.41, 5.74) is 0.760. The smallest absolute Gasteiger partial charge is 0.288 e. The number of rotatable bonds is 7. The summed E-state index contributed by atoms with van der Waals surface area (Å²) in [6.45, 7) is 6.05. The van der Waals surface area contributed by atoms with Gasteiger partial charge in [0.2, 0.25) is 6.54 Å². The number of carbonyl (C=O) groups excluding carboxylic acids is 1. The first kappa shape index (κ1) is 15.1. The van der Waals surface area contributed by atoms with Crippen LogP contribution in [0.15, 0.2) is 29.7 Å². The van der Waals surface area contributed by atoms with E-state index in [1.165, 1.54) is 6.21 Å². The van der Waals surface area contributed by atoms with Gasteiger partial charge in [-0.2, -0.15) is 4.57 Å². The second-order valence-corrected chi connectivity index (χ2v) is 4.43. The van der Waals surface area contributed by atoms with E-state index in [-0.39, 0.29) is 5.91 Å². The molecule has 0 saturated carbocycles. The number of hydrogen-bond donors (Lipinski definition) is 1. The van der Waals surface area contributed by atoms with Crippen LogP contribution in [0, 0.1) is 0 Å². The van der Waals surface area contributed by atoms with Crippen molar-refractivity contribution in [2.24, 2.45) is 5.16 Å². The molecular weight excluding hydrogens is 242 g/mol. The van der Waals surface area contributed by atoms with Crippen LogP contribution in [-0.2, 0) is 11.3 Å². The van der Waals surface area contributed by atoms with Crippen LogP contribution in [0.2, 0.25) is 0 Å². The van der Waals surface area contributed by atoms with Crippen molar-refractivity contribution in [3.63, 3.8) is 0 Å². The summed E-state index contributed by atoms with van der Waals surface area (Å²) in [5, 5.41) is 11.5. The van der Waals surface area contributed by atoms with Gasteiger partial charge in [0.15, 0.2) is 12.4 Å². The van der Waals surface area contributed by atoms with Crippen molar-refractivity contribution in [1.29, 1.82) is 0 Å². The third-order valence-corrected chi connectivity index (χ3v) is 2.75. The van der Waals surface area contributed by atoms with Crippen molar-refractivity contribution in [3.05, 3.63) is 30.1 Å². The van der Waals surface area contributed by atoms with Crippen molar-refractivity contribution in [3.8, 4) is 0 Å². The number of pyridine rings is 1. The molecule has 104 valence electrons. The molecule has 1 heterocycles. The monoisotopic (exact) mass is 264 g/mol. The Bertz CT molecular complexity index is 426. The zero-order valence-electron chi connectivity index (χ0n) is 11.6. The minimum Gasteiger partial charge on any atom is -0.411 e. The number of hydrogen-bond acceptors (Lipinski definition) is 3. The Labute approximate surface area is 114 Å². The Kier molecular flexibility index (Phi) is 6.57. The van der Waals surface area contributed by atoms with E-state index in [9.17, 15) is 4.79 Å². The topological polar surface area (TPSA) is 56.8 Å². The molecule has 1 aromatic rings. The highest BCUT2D eigenvalue weighted by Gasteiger charge is 2.16. The lowest BCUT2D eigenvalue weighted by atomic mass is 10.3. The second-order valence-electron chi connectivity index (χ2n) is 4.43. The average molecular weight is 264 g/mol. The Morgan fingerprint density at radius 2 is 2.11 bits per heavy atom. The molecule has 0 saturated heterocycles. The molecule has 0 aliphatic heterocycles. The highest BCUT2D eigenvalue weighted by atomic mass is 16.4. The molecule has 0 aliphatic carbocycles. The lowest BCUT2D eigenvalue weighted by Gasteiger charge is -2.19. The molecule has 1 N–H and O–H groups in total. The Morgan fingerprint density at radius 3 is 2.68 bits per heavy atom. The zero-order valence-corrected chi connectivity index (χ0v) is 11.6. The molecule has 0 aromatic carbocycles. The van der Waals surface area contributed by atoms with E-state index in [4.69, 9.17) is 5.21 Å². The second kappa shape index (κ2) is 8.24. The number of carbonyl (C=O) groups is 1. The standard InChI is InChI=1S/C14H21N3O2/c1-3-7-17(8-4-2)14(18)12-16-9-5-6-13(11-16)10-15-19/h5-6,9-11H,3-4,7-8,12H2,1-2H3/p+1/b15-10+. The summed E-state index contributed by atoms with van der Waals surface area (Å²) in [6, 6.07) is 3.64. The molecule has 0 spiro atoms. The van der Waals surface area contributed by atoms with Crippen LogP contribution in [-0.4, -0.2) is 35.3 Å². The normalized spacial score (nSPS) is 10.8. The van der Waals surface area contributed by atoms with Crippen molar-refractivity contribution in [2.45, 2.75) is 33.2 Å². The Hall–Kier alpha value is -1.91. The first-order chi connectivity index (χ1) is 9.21. The highest BCUT2D eigenvalue weighted by molar-refractivity contribution is 5.78. The zero-order chi connectivity index (χ0) is 14.1. The van der Waals surface area contributed by atoms with Crippen molar-refractivity contribution in [2.75, 3.05) is 13.1 Å². The van der Waals surface area contributed by atoms with Gasteiger partial charge in [-0.05, 0) is 18.9 Å². The predicted molar refractivity (Wildman–Crippen MR) is 73.2 cm³/mol. The van der Waals surface area contributed by atoms with E-state index in [0.29, 0.717) is 6.54 Å². The molecular formula is C14H22N3O2+. The van der Waals surface area contributed by atoms with Crippen LogP contribution in [0.1, 0.15) is 32.3 Å². The number of nitrogens with zero attached hydrogens (tertiary/aromatic N) is 3. The van der Waals surface area contributed by atoms with Crippen molar-refractivity contribution >= 4 is 12.1 Å². The molecule has 1 amide bonds. The molecule has 5 nitrogen and oxygen atoms in total. The summed E-state index contributed by atoms with van der Waals surface area (Å²) in [6.07, 6.45) is 6.90. The summed E-state index contributed by atoms with van der Waals surface area (Å²) in [7, 11) is 0. The van der Waals surface area contributed by atoms with Crippen molar-refractivity contribution in [1.82, 2.24) is 4.90 Å². The maximum atomic E-state index is 12.2. The fraction of sp³-hybridized carbons (Fsp3) is 0.500. The number of oxime groups is 1. The van der Waals surface area contributed by atoms with Crippen LogP contribution in [0.5, 0.6) is 0 Å². The van der Waals surface area contributed by atoms with E-state index in [0.717, 1.165) is 31.5 Å². The fourth-order valence-corrected chi connectivity index (χ4v) is 1.94. The third-order valence-electron chi connectivity index (χ3n) is 2.75. The minimum atomic E-state index is 0.117. The summed E-state index contributed by atoms with van der Waals surface area (Å²) < 4.78 is 1.80. The molecule has 0 aliphatic rings. The van der Waals surface area contributed by atoms with E-state index in [1.54, 1.807) is 10.8 Å². The van der Waals surface area contributed by atoms with Crippen LogP contribution < -0.4 is 4.57 Å². The molecule has 0 atom stereocenters. The minimum absolute atomic E-state index is 0.117. The van der Waals surface area contributed by atoms with E-state index < -0.39 is 0 Å². The van der Waals surface area contributed by atoms with E-state index >= 15 is 0 Å². The van der Waals surface area contributed by atoms with Crippen LogP contribution in [0.25, 0.3) is 0 Å². The maximum absolute atomic E-state index is 12.2. The highest BCUT2D eigenvalue weighted by Crippen LogP contribution is 1.96. The van der Waals surface area contributed by atoms with Gasteiger partial charge in [0, 0.05) is 19.2 Å². The number of amides is 1. The van der Waals surface area contributed by atoms with E-state index in [1.807, 2.05) is 23.2 Å². The van der Waals surface area contributed by atoms with Gasteiger partial charge in [0.05, 0.1) is 11.8 Å². The van der Waals surface area contributed by atoms with Gasteiger partial charge in [0.1, 0.15) is 0 Å². The molecule has 19 heavy (non-hydrogen) atoms. The molecule has 0 radical (unpaired) electrons. The lowest BCUT2D eigenvalue weighted by molar-refractivity contribution is -0.685. The summed E-state index contributed by atoms with van der Waals surface area (Å²) in [4.78, 5) is 14.1. The molecule has 0 fully saturated rings. The van der Waals surface area contributed by atoms with Crippen LogP contribution >= 0.6 is 0 Å². The van der Waals surface area contributed by atoms with Gasteiger partial charge in [-0.1, -0.05) is 19.0 Å². The van der Waals surface area contributed by atoms with Gasteiger partial charge in [-0.3, -0.25) is 4.79 Å². The predicted octanol–water partition coefficient (Wildman–Crippen LogP) is 1.43. The maximum Gasteiger partial charge on any atom is 0.288 e. The molecule has 1 aromatic heterocycles. The molecule has 1 rings (SSSR count). The first-order valence-corrected chi connectivity index (χ1v) is 6.65. The first-order valence-electron chi connectivity index (χ1n) is 6.65. The van der Waals surface area contributed by atoms with E-state index in [2.05, 4.69) is 19.0 Å². The van der Waals surface area contributed by atoms with Gasteiger partial charge < -0.3 is 10.1 Å². The Morgan fingerprint density at radius 1 is 1.42 bits per heavy atom. The fourth-order valence-electron chi connectivity index (χ4n) is 1.94. The summed E-state index contributed by atoms with van der Waals surface area (Å²) >= 11 is 0. The van der Waals surface area contributed by atoms with Gasteiger partial charge in [-0.25, -0.2) is 0 Å². The lowest BCUT2D eigenvalue weighted by Crippen LogP contribution is -2.45. The van der Waals surface area contributed by atoms with Crippen LogP contribution in [0.3, 0.4) is 0 Å². The molecule has 0 bridgehead atoms. The van der Waals surface area contributed by atoms with Crippen LogP contribution in [0.4, 0.5) is 0 Å². The largest absolute Gasteiger partial charge is 0.411 e. The average Bonchev–Trinajstić information content (AvgIpc) is 2.39. The van der Waals surface area contributed by atoms with Gasteiger partial charge in [-0.15, -0.1) is 0 Å². The third kappa shape index (κ3) is 5.07. The van der Waals surface area contributed by atoms with Gasteiger partial charge >= 0.3 is 0 Å².